The molecule has 1 nitrogen and oxygen atoms in total. The van der Waals surface area contributed by atoms with Crippen molar-refractivity contribution >= 4 is 23.2 Å². The summed E-state index contributed by atoms with van der Waals surface area (Å²) in [6, 6.07) is 0. The highest BCUT2D eigenvalue weighted by molar-refractivity contribution is 6.45. The molecule has 0 aliphatic heterocycles. The van der Waals surface area contributed by atoms with Crippen LogP contribution in [0.25, 0.3) is 0 Å². The molecule has 0 spiro atoms. The summed E-state index contributed by atoms with van der Waals surface area (Å²) in [5.74, 6) is 0. The second-order valence-corrected chi connectivity index (χ2v) is 4.66. The maximum atomic E-state index is 9.53. The molecule has 68 valence electrons. The molecule has 0 bridgehead atoms. The van der Waals surface area contributed by atoms with Gasteiger partial charge in [-0.2, -0.15) is 0 Å². The van der Waals surface area contributed by atoms with Gasteiger partial charge in [0.2, 0.25) is 0 Å². The summed E-state index contributed by atoms with van der Waals surface area (Å²) in [4.78, 5) is -0.485. The highest BCUT2D eigenvalue weighted by Gasteiger charge is 2.30. The van der Waals surface area contributed by atoms with Gasteiger partial charge in [-0.3, -0.25) is 0 Å². The molecule has 0 aromatic carbocycles. The van der Waals surface area contributed by atoms with Crippen LogP contribution >= 0.6 is 23.2 Å². The van der Waals surface area contributed by atoms with E-state index < -0.39 is 10.4 Å². The Kier molecular flexibility index (Phi) is 2.57. The number of aliphatic hydroxyl groups is 1. The highest BCUT2D eigenvalue weighted by Crippen LogP contribution is 2.36. The first-order valence-corrected chi connectivity index (χ1v) is 4.64. The average Bonchev–Trinajstić information content (AvgIpc) is 1.96. The second kappa shape index (κ2) is 3.06. The van der Waals surface area contributed by atoms with Crippen LogP contribution in [0.3, 0.4) is 0 Å². The lowest BCUT2D eigenvalue weighted by Gasteiger charge is -2.30. The van der Waals surface area contributed by atoms with Gasteiger partial charge in [0.15, 0.2) is 0 Å². The summed E-state index contributed by atoms with van der Waals surface area (Å²) in [5, 5.41) is 9.53. The van der Waals surface area contributed by atoms with Crippen molar-refractivity contribution in [3.63, 3.8) is 0 Å². The quantitative estimate of drug-likeness (QED) is 0.517. The Balaban J connectivity index is 2.85. The highest BCUT2D eigenvalue weighted by atomic mass is 35.5. The molecule has 1 rings (SSSR count). The zero-order valence-corrected chi connectivity index (χ0v) is 8.60. The van der Waals surface area contributed by atoms with E-state index in [0.29, 0.717) is 0 Å². The number of rotatable bonds is 1. The lowest BCUT2D eigenvalue weighted by molar-refractivity contribution is 0.159. The lowest BCUT2D eigenvalue weighted by Crippen LogP contribution is -2.28. The number of hydrogen-bond acceptors (Lipinski definition) is 1. The van der Waals surface area contributed by atoms with E-state index in [0.717, 1.165) is 0 Å². The van der Waals surface area contributed by atoms with Crippen LogP contribution in [0.1, 0.15) is 13.8 Å². The monoisotopic (exact) mass is 206 g/mol. The molecule has 0 radical (unpaired) electrons. The molecular formula is C9H12Cl2O. The first-order valence-electron chi connectivity index (χ1n) is 3.77. The number of allylic oxidation sites excluding steroid dienone is 2. The lowest BCUT2D eigenvalue weighted by atomic mass is 9.84. The van der Waals surface area contributed by atoms with Gasteiger partial charge in [0, 0.05) is 5.41 Å². The molecular weight excluding hydrogens is 195 g/mol. The molecule has 0 amide bonds. The predicted molar refractivity (Wildman–Crippen MR) is 52.5 cm³/mol. The Morgan fingerprint density at radius 1 is 1.08 bits per heavy atom. The third-order valence-electron chi connectivity index (χ3n) is 2.03. The van der Waals surface area contributed by atoms with Gasteiger partial charge < -0.3 is 5.11 Å². The summed E-state index contributed by atoms with van der Waals surface area (Å²) in [6.07, 6.45) is 7.06. The minimum absolute atomic E-state index is 0.356. The summed E-state index contributed by atoms with van der Waals surface area (Å²) in [7, 11) is 0. The van der Waals surface area contributed by atoms with E-state index in [1.807, 2.05) is 19.1 Å². The van der Waals surface area contributed by atoms with Crippen LogP contribution < -0.4 is 0 Å². The normalized spacial score (nSPS) is 40.8. The molecule has 0 aromatic heterocycles. The second-order valence-electron chi connectivity index (χ2n) is 3.56. The van der Waals surface area contributed by atoms with E-state index in [1.165, 1.54) is 0 Å². The van der Waals surface area contributed by atoms with Crippen LogP contribution in [0.5, 0.6) is 0 Å². The van der Waals surface area contributed by atoms with E-state index in [1.54, 1.807) is 19.1 Å². The molecule has 0 unspecified atom stereocenters. The van der Waals surface area contributed by atoms with Crippen molar-refractivity contribution in [3.05, 3.63) is 24.3 Å². The SMILES string of the molecule is CC1(O)C=CC(C)(C(Cl)Cl)C=C1. The standard InChI is InChI=1S/C9H12Cl2O/c1-8(7(10)11)3-5-9(2,12)6-4-8/h3-7,12H,1-2H3. The van der Waals surface area contributed by atoms with Crippen molar-refractivity contribution in [2.24, 2.45) is 5.41 Å². The van der Waals surface area contributed by atoms with Crippen molar-refractivity contribution in [1.82, 2.24) is 0 Å². The Labute approximate surface area is 82.7 Å². The van der Waals surface area contributed by atoms with Crippen LogP contribution in [-0.2, 0) is 0 Å². The van der Waals surface area contributed by atoms with Crippen molar-refractivity contribution in [1.29, 1.82) is 0 Å². The Hall–Kier alpha value is 0.0200. The summed E-state index contributed by atoms with van der Waals surface area (Å²) in [6.45, 7) is 3.62. The smallest absolute Gasteiger partial charge is 0.120 e. The zero-order valence-electron chi connectivity index (χ0n) is 7.09. The van der Waals surface area contributed by atoms with Crippen molar-refractivity contribution in [2.45, 2.75) is 24.3 Å². The van der Waals surface area contributed by atoms with Crippen molar-refractivity contribution in [3.8, 4) is 0 Å². The average molecular weight is 207 g/mol. The molecule has 1 N–H and O–H groups in total. The van der Waals surface area contributed by atoms with Crippen LogP contribution in [0, 0.1) is 5.41 Å². The number of hydrogen-bond donors (Lipinski definition) is 1. The van der Waals surface area contributed by atoms with E-state index in [4.69, 9.17) is 23.2 Å². The summed E-state index contributed by atoms with van der Waals surface area (Å²) < 4.78 is 0. The summed E-state index contributed by atoms with van der Waals surface area (Å²) in [5.41, 5.74) is -1.21. The fourth-order valence-electron chi connectivity index (χ4n) is 0.953. The van der Waals surface area contributed by atoms with E-state index in [-0.39, 0.29) is 5.41 Å². The molecule has 0 fully saturated rings. The zero-order chi connectivity index (χ0) is 9.41. The van der Waals surface area contributed by atoms with Crippen LogP contribution in [0.4, 0.5) is 0 Å². The van der Waals surface area contributed by atoms with Gasteiger partial charge in [-0.15, -0.1) is 23.2 Å². The third-order valence-corrected chi connectivity index (χ3v) is 2.97. The van der Waals surface area contributed by atoms with Crippen LogP contribution in [0.2, 0.25) is 0 Å². The molecule has 0 heterocycles. The van der Waals surface area contributed by atoms with Gasteiger partial charge in [-0.1, -0.05) is 24.3 Å². The topological polar surface area (TPSA) is 20.2 Å². The molecule has 0 saturated carbocycles. The fraction of sp³-hybridized carbons (Fsp3) is 0.556. The molecule has 0 aromatic rings. The van der Waals surface area contributed by atoms with Crippen molar-refractivity contribution < 1.29 is 5.11 Å². The molecule has 12 heavy (non-hydrogen) atoms. The van der Waals surface area contributed by atoms with E-state index in [2.05, 4.69) is 0 Å². The minimum Gasteiger partial charge on any atom is -0.382 e. The Morgan fingerprint density at radius 2 is 1.50 bits per heavy atom. The largest absolute Gasteiger partial charge is 0.382 e. The van der Waals surface area contributed by atoms with Gasteiger partial charge in [-0.25, -0.2) is 0 Å². The first kappa shape index (κ1) is 10.1. The van der Waals surface area contributed by atoms with Crippen LogP contribution in [-0.4, -0.2) is 15.5 Å². The number of halogens is 2. The first-order chi connectivity index (χ1) is 5.36. The predicted octanol–water partition coefficient (Wildman–Crippen LogP) is 2.67. The van der Waals surface area contributed by atoms with E-state index >= 15 is 0 Å². The Morgan fingerprint density at radius 3 is 1.83 bits per heavy atom. The van der Waals surface area contributed by atoms with Gasteiger partial charge in [0.05, 0.1) is 5.60 Å². The molecule has 3 heteroatoms. The maximum Gasteiger partial charge on any atom is 0.120 e. The van der Waals surface area contributed by atoms with Gasteiger partial charge >= 0.3 is 0 Å². The third kappa shape index (κ3) is 2.03. The van der Waals surface area contributed by atoms with Crippen LogP contribution in [0.15, 0.2) is 24.3 Å². The fourth-order valence-corrected chi connectivity index (χ4v) is 1.24. The van der Waals surface area contributed by atoms with Gasteiger partial charge in [-0.05, 0) is 13.8 Å². The minimum atomic E-state index is -0.859. The molecule has 0 saturated heterocycles. The van der Waals surface area contributed by atoms with E-state index in [9.17, 15) is 5.11 Å². The van der Waals surface area contributed by atoms with Gasteiger partial charge in [0.1, 0.15) is 4.84 Å². The molecule has 0 atom stereocenters. The van der Waals surface area contributed by atoms with Gasteiger partial charge in [0.25, 0.3) is 0 Å². The van der Waals surface area contributed by atoms with Crippen molar-refractivity contribution in [2.75, 3.05) is 0 Å². The molecule has 1 aliphatic carbocycles. The Bertz CT molecular complexity index is 213. The maximum absolute atomic E-state index is 9.53. The number of alkyl halides is 2. The molecule has 1 aliphatic rings. The summed E-state index contributed by atoms with van der Waals surface area (Å²) >= 11 is 11.5.